The lowest BCUT2D eigenvalue weighted by Gasteiger charge is -2.10. The Hall–Kier alpha value is -0.840. The standard InChI is InChI=1S/C11H15N3O.2ClH/c1-8-3-2-4-10(13-8)11(15)14-9-5-6-12-7-9;;/h2-4,9,12H,5-7H2,1H3,(H,14,15);2*1H. The molecule has 17 heavy (non-hydrogen) atoms. The summed E-state index contributed by atoms with van der Waals surface area (Å²) < 4.78 is 0. The van der Waals surface area contributed by atoms with E-state index in [9.17, 15) is 4.79 Å². The largest absolute Gasteiger partial charge is 0.347 e. The Morgan fingerprint density at radius 2 is 2.24 bits per heavy atom. The van der Waals surface area contributed by atoms with Crippen LogP contribution in [-0.4, -0.2) is 30.0 Å². The second-order valence-corrected chi connectivity index (χ2v) is 3.83. The number of nitrogens with zero attached hydrogens (tertiary/aromatic N) is 1. The fourth-order valence-electron chi connectivity index (χ4n) is 1.71. The van der Waals surface area contributed by atoms with Gasteiger partial charge < -0.3 is 10.6 Å². The number of carbonyl (C=O) groups excluding carboxylic acids is 1. The fourth-order valence-corrected chi connectivity index (χ4v) is 1.71. The molecule has 2 rings (SSSR count). The van der Waals surface area contributed by atoms with Crippen LogP contribution in [0.4, 0.5) is 0 Å². The Bertz CT molecular complexity index is 367. The molecule has 4 nitrogen and oxygen atoms in total. The molecule has 0 bridgehead atoms. The van der Waals surface area contributed by atoms with Gasteiger partial charge in [0.15, 0.2) is 0 Å². The number of nitrogens with one attached hydrogen (secondary N) is 2. The first kappa shape index (κ1) is 16.2. The van der Waals surface area contributed by atoms with Gasteiger partial charge in [-0.3, -0.25) is 4.79 Å². The molecule has 1 amide bonds. The molecular formula is C11H17Cl2N3O. The zero-order chi connectivity index (χ0) is 10.7. The number of halogens is 2. The molecule has 0 saturated carbocycles. The van der Waals surface area contributed by atoms with Gasteiger partial charge in [0.25, 0.3) is 5.91 Å². The van der Waals surface area contributed by atoms with Gasteiger partial charge in [0.1, 0.15) is 5.69 Å². The van der Waals surface area contributed by atoms with Crippen LogP contribution >= 0.6 is 24.8 Å². The maximum atomic E-state index is 11.8. The lowest BCUT2D eigenvalue weighted by molar-refractivity contribution is 0.0935. The molecule has 1 aromatic rings. The summed E-state index contributed by atoms with van der Waals surface area (Å²) in [7, 11) is 0. The van der Waals surface area contributed by atoms with Gasteiger partial charge in [0.05, 0.1) is 0 Å². The van der Waals surface area contributed by atoms with Crippen molar-refractivity contribution >= 4 is 30.7 Å². The summed E-state index contributed by atoms with van der Waals surface area (Å²) in [6, 6.07) is 5.72. The van der Waals surface area contributed by atoms with Crippen LogP contribution in [0.2, 0.25) is 0 Å². The van der Waals surface area contributed by atoms with Gasteiger partial charge in [-0.25, -0.2) is 4.98 Å². The number of amides is 1. The summed E-state index contributed by atoms with van der Waals surface area (Å²) in [6.07, 6.45) is 0.998. The zero-order valence-corrected chi connectivity index (χ0v) is 11.2. The number of rotatable bonds is 2. The van der Waals surface area contributed by atoms with Crippen molar-refractivity contribution in [3.05, 3.63) is 29.6 Å². The molecular weight excluding hydrogens is 261 g/mol. The normalized spacial score (nSPS) is 17.8. The van der Waals surface area contributed by atoms with Gasteiger partial charge in [-0.05, 0) is 32.0 Å². The molecule has 1 fully saturated rings. The average Bonchev–Trinajstić information content (AvgIpc) is 2.70. The van der Waals surface area contributed by atoms with E-state index < -0.39 is 0 Å². The first-order valence-electron chi connectivity index (χ1n) is 5.21. The van der Waals surface area contributed by atoms with Crippen LogP contribution in [0.3, 0.4) is 0 Å². The Balaban J connectivity index is 0.00000128. The highest BCUT2D eigenvalue weighted by atomic mass is 35.5. The van der Waals surface area contributed by atoms with E-state index >= 15 is 0 Å². The summed E-state index contributed by atoms with van der Waals surface area (Å²) in [5.74, 6) is -0.0765. The molecule has 1 aromatic heterocycles. The molecule has 1 aliphatic heterocycles. The maximum Gasteiger partial charge on any atom is 0.270 e. The molecule has 0 spiro atoms. The van der Waals surface area contributed by atoms with Gasteiger partial charge in [0.2, 0.25) is 0 Å². The minimum absolute atomic E-state index is 0. The van der Waals surface area contributed by atoms with Gasteiger partial charge in [0, 0.05) is 18.3 Å². The quantitative estimate of drug-likeness (QED) is 0.858. The lowest BCUT2D eigenvalue weighted by atomic mass is 10.2. The minimum atomic E-state index is -0.0765. The predicted octanol–water partition coefficient (Wildman–Crippen LogP) is 1.33. The van der Waals surface area contributed by atoms with Gasteiger partial charge >= 0.3 is 0 Å². The van der Waals surface area contributed by atoms with Gasteiger partial charge in [-0.15, -0.1) is 24.8 Å². The minimum Gasteiger partial charge on any atom is -0.347 e. The Morgan fingerprint density at radius 1 is 1.47 bits per heavy atom. The highest BCUT2D eigenvalue weighted by Crippen LogP contribution is 2.01. The zero-order valence-electron chi connectivity index (χ0n) is 9.60. The van der Waals surface area contributed by atoms with Crippen molar-refractivity contribution in [2.24, 2.45) is 0 Å². The van der Waals surface area contributed by atoms with Crippen LogP contribution in [-0.2, 0) is 0 Å². The van der Waals surface area contributed by atoms with E-state index in [1.54, 1.807) is 6.07 Å². The monoisotopic (exact) mass is 277 g/mol. The SMILES string of the molecule is Cc1cccc(C(=O)NC2CCNC2)n1.Cl.Cl. The van der Waals surface area contributed by atoms with Crippen molar-refractivity contribution in [2.45, 2.75) is 19.4 Å². The summed E-state index contributed by atoms with van der Waals surface area (Å²) >= 11 is 0. The first-order chi connectivity index (χ1) is 7.25. The first-order valence-corrected chi connectivity index (χ1v) is 5.21. The van der Waals surface area contributed by atoms with Crippen molar-refractivity contribution < 1.29 is 4.79 Å². The molecule has 6 heteroatoms. The van der Waals surface area contributed by atoms with Crippen molar-refractivity contribution in [3.8, 4) is 0 Å². The van der Waals surface area contributed by atoms with Crippen molar-refractivity contribution in [2.75, 3.05) is 13.1 Å². The van der Waals surface area contributed by atoms with E-state index in [2.05, 4.69) is 15.6 Å². The number of aryl methyl sites for hydroxylation is 1. The highest BCUT2D eigenvalue weighted by molar-refractivity contribution is 5.92. The Kier molecular flexibility index (Phi) is 7.11. The summed E-state index contributed by atoms with van der Waals surface area (Å²) in [5.41, 5.74) is 1.37. The topological polar surface area (TPSA) is 54.0 Å². The van der Waals surface area contributed by atoms with E-state index in [-0.39, 0.29) is 36.8 Å². The average molecular weight is 278 g/mol. The predicted molar refractivity (Wildman–Crippen MR) is 72.2 cm³/mol. The molecule has 1 aliphatic rings. The third-order valence-corrected chi connectivity index (χ3v) is 2.52. The molecule has 96 valence electrons. The van der Waals surface area contributed by atoms with E-state index in [1.807, 2.05) is 19.1 Å². The molecule has 2 N–H and O–H groups in total. The van der Waals surface area contributed by atoms with E-state index in [0.717, 1.165) is 25.2 Å². The number of aromatic nitrogens is 1. The molecule has 0 radical (unpaired) electrons. The van der Waals surface area contributed by atoms with E-state index in [4.69, 9.17) is 0 Å². The smallest absolute Gasteiger partial charge is 0.270 e. The fraction of sp³-hybridized carbons (Fsp3) is 0.455. The van der Waals surface area contributed by atoms with Crippen molar-refractivity contribution in [1.29, 1.82) is 0 Å². The van der Waals surface area contributed by atoms with Crippen LogP contribution < -0.4 is 10.6 Å². The van der Waals surface area contributed by atoms with Crippen LogP contribution in [0, 0.1) is 6.92 Å². The Morgan fingerprint density at radius 3 is 2.82 bits per heavy atom. The highest BCUT2D eigenvalue weighted by Gasteiger charge is 2.17. The lowest BCUT2D eigenvalue weighted by Crippen LogP contribution is -2.36. The number of carbonyl (C=O) groups is 1. The molecule has 1 atom stereocenters. The van der Waals surface area contributed by atoms with E-state index in [1.165, 1.54) is 0 Å². The van der Waals surface area contributed by atoms with Crippen LogP contribution in [0.25, 0.3) is 0 Å². The summed E-state index contributed by atoms with van der Waals surface area (Å²) in [6.45, 7) is 3.72. The molecule has 0 aromatic carbocycles. The van der Waals surface area contributed by atoms with Crippen molar-refractivity contribution in [1.82, 2.24) is 15.6 Å². The number of hydrogen-bond acceptors (Lipinski definition) is 3. The second-order valence-electron chi connectivity index (χ2n) is 3.83. The second kappa shape index (κ2) is 7.48. The van der Waals surface area contributed by atoms with E-state index in [0.29, 0.717) is 5.69 Å². The number of pyridine rings is 1. The van der Waals surface area contributed by atoms with Crippen molar-refractivity contribution in [3.63, 3.8) is 0 Å². The molecule has 2 heterocycles. The van der Waals surface area contributed by atoms with Gasteiger partial charge in [-0.1, -0.05) is 6.07 Å². The van der Waals surface area contributed by atoms with Crippen LogP contribution in [0.1, 0.15) is 22.6 Å². The van der Waals surface area contributed by atoms with Crippen LogP contribution in [0.15, 0.2) is 18.2 Å². The summed E-state index contributed by atoms with van der Waals surface area (Å²) in [5, 5.41) is 6.16. The maximum absolute atomic E-state index is 11.8. The molecule has 1 unspecified atom stereocenters. The molecule has 1 saturated heterocycles. The third-order valence-electron chi connectivity index (χ3n) is 2.52. The van der Waals surface area contributed by atoms with Gasteiger partial charge in [-0.2, -0.15) is 0 Å². The molecule has 0 aliphatic carbocycles. The summed E-state index contributed by atoms with van der Waals surface area (Å²) in [4.78, 5) is 15.9. The van der Waals surface area contributed by atoms with Crippen LogP contribution in [0.5, 0.6) is 0 Å². The third kappa shape index (κ3) is 4.50. The Labute approximate surface area is 113 Å². The number of hydrogen-bond donors (Lipinski definition) is 2.